The molecular formula is C8H19Cl2N3O. The van der Waals surface area contributed by atoms with Crippen LogP contribution in [0.15, 0.2) is 0 Å². The summed E-state index contributed by atoms with van der Waals surface area (Å²) in [4.78, 5) is 13.1. The number of amides is 1. The van der Waals surface area contributed by atoms with E-state index < -0.39 is 0 Å². The third-order valence-corrected chi connectivity index (χ3v) is 2.28. The zero-order valence-corrected chi connectivity index (χ0v) is 10.2. The predicted molar refractivity (Wildman–Crippen MR) is 62.2 cm³/mol. The summed E-state index contributed by atoms with van der Waals surface area (Å²) in [7, 11) is 0. The Bertz CT molecular complexity index is 178. The molecule has 1 heterocycles. The number of primary amides is 1. The first-order chi connectivity index (χ1) is 5.61. The lowest BCUT2D eigenvalue weighted by molar-refractivity contribution is -0.121. The van der Waals surface area contributed by atoms with E-state index >= 15 is 0 Å². The molecule has 0 spiro atoms. The fourth-order valence-corrected chi connectivity index (χ4v) is 1.43. The highest BCUT2D eigenvalue weighted by Crippen LogP contribution is 2.03. The van der Waals surface area contributed by atoms with E-state index in [1.165, 1.54) is 0 Å². The molecule has 1 saturated heterocycles. The van der Waals surface area contributed by atoms with Crippen LogP contribution in [0.5, 0.6) is 0 Å². The maximum Gasteiger partial charge on any atom is 0.235 e. The fourth-order valence-electron chi connectivity index (χ4n) is 1.43. The first-order valence-electron chi connectivity index (χ1n) is 4.38. The molecule has 1 rings (SSSR count). The second kappa shape index (κ2) is 7.29. The van der Waals surface area contributed by atoms with Gasteiger partial charge < -0.3 is 11.1 Å². The lowest BCUT2D eigenvalue weighted by Gasteiger charge is -2.34. The van der Waals surface area contributed by atoms with Crippen molar-refractivity contribution in [1.29, 1.82) is 0 Å². The molecule has 0 aromatic heterocycles. The van der Waals surface area contributed by atoms with E-state index in [1.807, 2.05) is 0 Å². The van der Waals surface area contributed by atoms with Crippen molar-refractivity contribution in [2.45, 2.75) is 25.9 Å². The maximum absolute atomic E-state index is 10.9. The van der Waals surface area contributed by atoms with Crippen molar-refractivity contribution in [1.82, 2.24) is 10.2 Å². The number of hydrogen-bond acceptors (Lipinski definition) is 3. The van der Waals surface area contributed by atoms with Crippen LogP contribution in [-0.2, 0) is 4.79 Å². The summed E-state index contributed by atoms with van der Waals surface area (Å²) < 4.78 is 0. The van der Waals surface area contributed by atoms with Crippen LogP contribution < -0.4 is 11.1 Å². The Hall–Kier alpha value is -0.0300. The molecule has 0 aliphatic carbocycles. The molecule has 1 atom stereocenters. The summed E-state index contributed by atoms with van der Waals surface area (Å²) in [6, 6.07) is 0.329. The Morgan fingerprint density at radius 3 is 2.50 bits per heavy atom. The number of piperazine rings is 1. The lowest BCUT2D eigenvalue weighted by atomic mass is 10.1. The number of carbonyl (C=O) groups is 1. The molecule has 1 amide bonds. The van der Waals surface area contributed by atoms with E-state index in [0.29, 0.717) is 6.04 Å². The first-order valence-corrected chi connectivity index (χ1v) is 4.38. The van der Waals surface area contributed by atoms with Gasteiger partial charge in [0.15, 0.2) is 0 Å². The van der Waals surface area contributed by atoms with Crippen LogP contribution in [-0.4, -0.2) is 42.5 Å². The molecule has 1 unspecified atom stereocenters. The molecule has 6 heteroatoms. The molecule has 0 aromatic carbocycles. The summed E-state index contributed by atoms with van der Waals surface area (Å²) >= 11 is 0. The van der Waals surface area contributed by atoms with Crippen LogP contribution in [0.25, 0.3) is 0 Å². The summed E-state index contributed by atoms with van der Waals surface area (Å²) in [6.45, 7) is 6.85. The Balaban J connectivity index is 0. The standard InChI is InChI=1S/C8H17N3O.2ClH/c1-6(2)11-4-3-10-7(5-11)8(9)12;;/h6-7,10H,3-5H2,1-2H3,(H2,9,12);2*1H. The molecule has 14 heavy (non-hydrogen) atoms. The third kappa shape index (κ3) is 4.46. The second-order valence-electron chi connectivity index (χ2n) is 3.50. The van der Waals surface area contributed by atoms with E-state index in [0.717, 1.165) is 19.6 Å². The fraction of sp³-hybridized carbons (Fsp3) is 0.875. The van der Waals surface area contributed by atoms with Gasteiger partial charge in [0, 0.05) is 25.7 Å². The topological polar surface area (TPSA) is 58.4 Å². The average molecular weight is 244 g/mol. The van der Waals surface area contributed by atoms with Crippen molar-refractivity contribution in [2.75, 3.05) is 19.6 Å². The molecule has 0 aromatic rings. The highest BCUT2D eigenvalue weighted by molar-refractivity contribution is 5.85. The molecule has 0 bridgehead atoms. The highest BCUT2D eigenvalue weighted by Gasteiger charge is 2.24. The van der Waals surface area contributed by atoms with Crippen molar-refractivity contribution >= 4 is 30.7 Å². The summed E-state index contributed by atoms with van der Waals surface area (Å²) in [5.74, 6) is -0.250. The van der Waals surface area contributed by atoms with Gasteiger partial charge in [-0.3, -0.25) is 9.69 Å². The quantitative estimate of drug-likeness (QED) is 0.718. The normalized spacial score (nSPS) is 22.4. The van der Waals surface area contributed by atoms with Crippen LogP contribution >= 0.6 is 24.8 Å². The largest absolute Gasteiger partial charge is 0.368 e. The molecule has 1 aliphatic heterocycles. The van der Waals surface area contributed by atoms with Crippen LogP contribution in [0.1, 0.15) is 13.8 Å². The van der Waals surface area contributed by atoms with E-state index in [-0.39, 0.29) is 36.8 Å². The molecule has 1 fully saturated rings. The van der Waals surface area contributed by atoms with Gasteiger partial charge in [0.1, 0.15) is 0 Å². The predicted octanol–water partition coefficient (Wildman–Crippen LogP) is -0.00250. The van der Waals surface area contributed by atoms with Gasteiger partial charge >= 0.3 is 0 Å². The van der Waals surface area contributed by atoms with Crippen LogP contribution in [0.4, 0.5) is 0 Å². The van der Waals surface area contributed by atoms with Gasteiger partial charge in [-0.05, 0) is 13.8 Å². The molecule has 0 radical (unpaired) electrons. The first kappa shape index (κ1) is 16.4. The average Bonchev–Trinajstić information content (AvgIpc) is 2.04. The van der Waals surface area contributed by atoms with Crippen molar-refractivity contribution in [2.24, 2.45) is 5.73 Å². The van der Waals surface area contributed by atoms with E-state index in [1.54, 1.807) is 0 Å². The van der Waals surface area contributed by atoms with Crippen LogP contribution in [0.2, 0.25) is 0 Å². The van der Waals surface area contributed by atoms with E-state index in [4.69, 9.17) is 5.73 Å². The molecule has 3 N–H and O–H groups in total. The SMILES string of the molecule is CC(C)N1CCNC(C(N)=O)C1.Cl.Cl. The minimum atomic E-state index is -0.250. The van der Waals surface area contributed by atoms with Gasteiger partial charge in [-0.2, -0.15) is 0 Å². The molecular weight excluding hydrogens is 225 g/mol. The summed E-state index contributed by atoms with van der Waals surface area (Å²) in [6.07, 6.45) is 0. The molecule has 86 valence electrons. The second-order valence-corrected chi connectivity index (χ2v) is 3.50. The lowest BCUT2D eigenvalue weighted by Crippen LogP contribution is -2.57. The monoisotopic (exact) mass is 243 g/mol. The third-order valence-electron chi connectivity index (χ3n) is 2.28. The number of hydrogen-bond donors (Lipinski definition) is 2. The van der Waals surface area contributed by atoms with Crippen LogP contribution in [0, 0.1) is 0 Å². The summed E-state index contributed by atoms with van der Waals surface area (Å²) in [5.41, 5.74) is 5.20. The van der Waals surface area contributed by atoms with Crippen molar-refractivity contribution in [3.8, 4) is 0 Å². The highest BCUT2D eigenvalue weighted by atomic mass is 35.5. The van der Waals surface area contributed by atoms with Crippen LogP contribution in [0.3, 0.4) is 0 Å². The van der Waals surface area contributed by atoms with Gasteiger partial charge in [0.2, 0.25) is 5.91 Å². The smallest absolute Gasteiger partial charge is 0.235 e. The Labute approximate surface area is 97.4 Å². The molecule has 4 nitrogen and oxygen atoms in total. The van der Waals surface area contributed by atoms with Gasteiger partial charge in [-0.25, -0.2) is 0 Å². The number of nitrogens with two attached hydrogens (primary N) is 1. The van der Waals surface area contributed by atoms with Gasteiger partial charge in [0.25, 0.3) is 0 Å². The summed E-state index contributed by atoms with van der Waals surface area (Å²) in [5, 5.41) is 3.09. The van der Waals surface area contributed by atoms with Crippen molar-refractivity contribution < 1.29 is 4.79 Å². The zero-order valence-electron chi connectivity index (χ0n) is 8.53. The number of rotatable bonds is 2. The van der Waals surface area contributed by atoms with Gasteiger partial charge in [0.05, 0.1) is 6.04 Å². The van der Waals surface area contributed by atoms with Crippen molar-refractivity contribution in [3.05, 3.63) is 0 Å². The molecule has 1 aliphatic rings. The maximum atomic E-state index is 10.9. The zero-order chi connectivity index (χ0) is 9.14. The van der Waals surface area contributed by atoms with Gasteiger partial charge in [-0.15, -0.1) is 24.8 Å². The van der Waals surface area contributed by atoms with E-state index in [9.17, 15) is 4.79 Å². The minimum absolute atomic E-state index is 0. The molecule has 0 saturated carbocycles. The number of nitrogens with zero attached hydrogens (tertiary/aromatic N) is 1. The Kier molecular flexibility index (Phi) is 8.54. The van der Waals surface area contributed by atoms with E-state index in [2.05, 4.69) is 24.1 Å². The Morgan fingerprint density at radius 2 is 2.07 bits per heavy atom. The van der Waals surface area contributed by atoms with Gasteiger partial charge in [-0.1, -0.05) is 0 Å². The van der Waals surface area contributed by atoms with Crippen molar-refractivity contribution in [3.63, 3.8) is 0 Å². The number of nitrogens with one attached hydrogen (secondary N) is 1. The number of halogens is 2. The minimum Gasteiger partial charge on any atom is -0.368 e. The Morgan fingerprint density at radius 1 is 1.50 bits per heavy atom. The number of carbonyl (C=O) groups excluding carboxylic acids is 1.